The van der Waals surface area contributed by atoms with E-state index < -0.39 is 0 Å². The summed E-state index contributed by atoms with van der Waals surface area (Å²) in [6.07, 6.45) is 5.41. The summed E-state index contributed by atoms with van der Waals surface area (Å²) < 4.78 is 0. The average molecular weight is 129 g/mol. The third-order valence-corrected chi connectivity index (χ3v) is 3.06. The number of hydrogen-bond donors (Lipinski definition) is 0. The Bertz CT molecular complexity index is 55.4. The topological polar surface area (TPSA) is 0 Å². The van der Waals surface area contributed by atoms with Crippen molar-refractivity contribution in [2.75, 3.05) is 5.75 Å². The van der Waals surface area contributed by atoms with Crippen LogP contribution in [0.4, 0.5) is 0 Å². The lowest BCUT2D eigenvalue weighted by Crippen LogP contribution is -2.07. The molecule has 1 aliphatic rings. The maximum absolute atomic E-state index is 3.89. The highest BCUT2D eigenvalue weighted by Crippen LogP contribution is 2.26. The number of rotatable bonds is 1. The fourth-order valence-corrected chi connectivity index (χ4v) is 2.24. The summed E-state index contributed by atoms with van der Waals surface area (Å²) in [4.78, 5) is 0. The minimum absolute atomic E-state index is 0.892. The maximum atomic E-state index is 3.89. The molecule has 47 valence electrons. The van der Waals surface area contributed by atoms with Gasteiger partial charge in [-0.15, -0.1) is 0 Å². The zero-order valence-electron chi connectivity index (χ0n) is 5.23. The first-order valence-electron chi connectivity index (χ1n) is 3.34. The van der Waals surface area contributed by atoms with Gasteiger partial charge in [0.1, 0.15) is 0 Å². The van der Waals surface area contributed by atoms with Crippen LogP contribution in [0, 0.1) is 6.92 Å². The molecule has 1 aliphatic heterocycles. The molecular formula is C7H13S. The smallest absolute Gasteiger partial charge is 0.00470 e. The molecule has 0 aliphatic carbocycles. The zero-order valence-corrected chi connectivity index (χ0v) is 6.04. The molecule has 1 heteroatoms. The molecule has 1 unspecified atom stereocenters. The van der Waals surface area contributed by atoms with E-state index in [9.17, 15) is 0 Å². The van der Waals surface area contributed by atoms with E-state index in [4.69, 9.17) is 0 Å². The van der Waals surface area contributed by atoms with Crippen LogP contribution in [0.5, 0.6) is 0 Å². The summed E-state index contributed by atoms with van der Waals surface area (Å²) in [5.41, 5.74) is 0. The molecule has 0 N–H and O–H groups in total. The number of hydrogen-bond acceptors (Lipinski definition) is 1. The monoisotopic (exact) mass is 129 g/mol. The first kappa shape index (κ1) is 6.47. The SMILES string of the molecule is [CH2]CC1CCCCS1. The zero-order chi connectivity index (χ0) is 5.82. The van der Waals surface area contributed by atoms with Gasteiger partial charge in [0.15, 0.2) is 0 Å². The van der Waals surface area contributed by atoms with Crippen molar-refractivity contribution in [2.24, 2.45) is 0 Å². The summed E-state index contributed by atoms with van der Waals surface area (Å²) in [6, 6.07) is 0. The first-order valence-corrected chi connectivity index (χ1v) is 4.39. The summed E-state index contributed by atoms with van der Waals surface area (Å²) in [5, 5.41) is 0.892. The normalized spacial score (nSPS) is 30.4. The second-order valence-corrected chi connectivity index (χ2v) is 3.69. The van der Waals surface area contributed by atoms with Crippen molar-refractivity contribution < 1.29 is 0 Å². The fraction of sp³-hybridized carbons (Fsp3) is 0.857. The van der Waals surface area contributed by atoms with Gasteiger partial charge < -0.3 is 0 Å². The number of thioether (sulfide) groups is 1. The Morgan fingerprint density at radius 2 is 2.38 bits per heavy atom. The third-order valence-electron chi connectivity index (χ3n) is 1.60. The lowest BCUT2D eigenvalue weighted by Gasteiger charge is -2.18. The minimum atomic E-state index is 0.892. The first-order chi connectivity index (χ1) is 3.93. The van der Waals surface area contributed by atoms with Gasteiger partial charge in [-0.3, -0.25) is 0 Å². The highest BCUT2D eigenvalue weighted by Gasteiger charge is 2.10. The third kappa shape index (κ3) is 1.70. The lowest BCUT2D eigenvalue weighted by molar-refractivity contribution is 0.667. The lowest BCUT2D eigenvalue weighted by atomic mass is 10.1. The molecule has 8 heavy (non-hydrogen) atoms. The van der Waals surface area contributed by atoms with E-state index in [2.05, 4.69) is 18.7 Å². The van der Waals surface area contributed by atoms with Crippen molar-refractivity contribution in [1.29, 1.82) is 0 Å². The van der Waals surface area contributed by atoms with Crippen molar-refractivity contribution in [3.8, 4) is 0 Å². The molecule has 1 atom stereocenters. The van der Waals surface area contributed by atoms with Gasteiger partial charge in [-0.1, -0.05) is 13.3 Å². The maximum Gasteiger partial charge on any atom is 0.00470 e. The van der Waals surface area contributed by atoms with Crippen LogP contribution < -0.4 is 0 Å². The van der Waals surface area contributed by atoms with Crippen LogP contribution >= 0.6 is 11.8 Å². The summed E-state index contributed by atoms with van der Waals surface area (Å²) in [6.45, 7) is 3.89. The Kier molecular flexibility index (Phi) is 2.74. The van der Waals surface area contributed by atoms with E-state index in [1.807, 2.05) is 0 Å². The molecule has 0 bridgehead atoms. The Hall–Kier alpha value is 0.350. The molecular weight excluding hydrogens is 116 g/mol. The van der Waals surface area contributed by atoms with Crippen molar-refractivity contribution in [1.82, 2.24) is 0 Å². The van der Waals surface area contributed by atoms with Gasteiger partial charge in [0.05, 0.1) is 0 Å². The van der Waals surface area contributed by atoms with E-state index in [-0.39, 0.29) is 0 Å². The molecule has 1 fully saturated rings. The summed E-state index contributed by atoms with van der Waals surface area (Å²) in [5.74, 6) is 1.38. The van der Waals surface area contributed by atoms with Gasteiger partial charge in [0.2, 0.25) is 0 Å². The standard InChI is InChI=1S/C7H13S/c1-2-7-5-3-4-6-8-7/h7H,1-6H2. The summed E-state index contributed by atoms with van der Waals surface area (Å²) >= 11 is 2.10. The van der Waals surface area contributed by atoms with Gasteiger partial charge >= 0.3 is 0 Å². The largest absolute Gasteiger partial charge is 0.159 e. The molecule has 1 rings (SSSR count). The quantitative estimate of drug-likeness (QED) is 0.524. The van der Waals surface area contributed by atoms with E-state index in [0.29, 0.717) is 0 Å². The van der Waals surface area contributed by atoms with Crippen LogP contribution in [-0.4, -0.2) is 11.0 Å². The molecule has 0 aromatic rings. The summed E-state index contributed by atoms with van der Waals surface area (Å²) in [7, 11) is 0. The Morgan fingerprint density at radius 3 is 2.75 bits per heavy atom. The van der Waals surface area contributed by atoms with Crippen LogP contribution in [0.3, 0.4) is 0 Å². The fourth-order valence-electron chi connectivity index (χ4n) is 1.04. The molecule has 0 aromatic carbocycles. The predicted molar refractivity (Wildman–Crippen MR) is 40.1 cm³/mol. The van der Waals surface area contributed by atoms with Crippen LogP contribution in [0.15, 0.2) is 0 Å². The van der Waals surface area contributed by atoms with Crippen LogP contribution in [-0.2, 0) is 0 Å². The van der Waals surface area contributed by atoms with Gasteiger partial charge in [0, 0.05) is 5.25 Å². The van der Waals surface area contributed by atoms with E-state index >= 15 is 0 Å². The van der Waals surface area contributed by atoms with Crippen LogP contribution in [0.25, 0.3) is 0 Å². The molecule has 0 spiro atoms. The van der Waals surface area contributed by atoms with E-state index in [0.717, 1.165) is 11.7 Å². The Labute approximate surface area is 56.0 Å². The van der Waals surface area contributed by atoms with Gasteiger partial charge in [0.25, 0.3) is 0 Å². The van der Waals surface area contributed by atoms with Gasteiger partial charge in [-0.25, -0.2) is 0 Å². The minimum Gasteiger partial charge on any atom is -0.159 e. The average Bonchev–Trinajstić information content (AvgIpc) is 1.90. The van der Waals surface area contributed by atoms with Crippen molar-refractivity contribution in [3.63, 3.8) is 0 Å². The van der Waals surface area contributed by atoms with Gasteiger partial charge in [-0.2, -0.15) is 11.8 Å². The molecule has 1 saturated heterocycles. The van der Waals surface area contributed by atoms with E-state index in [1.165, 1.54) is 25.0 Å². The molecule has 0 aromatic heterocycles. The molecule has 0 nitrogen and oxygen atoms in total. The van der Waals surface area contributed by atoms with E-state index in [1.54, 1.807) is 0 Å². The van der Waals surface area contributed by atoms with Crippen LogP contribution in [0.2, 0.25) is 0 Å². The van der Waals surface area contributed by atoms with Gasteiger partial charge in [-0.05, 0) is 25.0 Å². The Morgan fingerprint density at radius 1 is 1.50 bits per heavy atom. The second-order valence-electron chi connectivity index (χ2n) is 2.28. The van der Waals surface area contributed by atoms with Crippen molar-refractivity contribution in [2.45, 2.75) is 30.9 Å². The highest BCUT2D eigenvalue weighted by atomic mass is 32.2. The molecule has 0 saturated carbocycles. The van der Waals surface area contributed by atoms with Crippen molar-refractivity contribution >= 4 is 11.8 Å². The van der Waals surface area contributed by atoms with Crippen LogP contribution in [0.1, 0.15) is 25.7 Å². The highest BCUT2D eigenvalue weighted by molar-refractivity contribution is 7.99. The molecule has 1 heterocycles. The van der Waals surface area contributed by atoms with Crippen molar-refractivity contribution in [3.05, 3.63) is 6.92 Å². The Balaban J connectivity index is 2.13. The molecule has 1 radical (unpaired) electrons. The second kappa shape index (κ2) is 3.39. The molecule has 0 amide bonds. The predicted octanol–water partition coefficient (Wildman–Crippen LogP) is 2.50.